The van der Waals surface area contributed by atoms with Gasteiger partial charge in [-0.1, -0.05) is 37.3 Å². The largest absolute Gasteiger partial charge is 0.479 e. The molecule has 1 aliphatic heterocycles. The van der Waals surface area contributed by atoms with E-state index in [1.165, 1.54) is 4.90 Å². The summed E-state index contributed by atoms with van der Waals surface area (Å²) < 4.78 is 0. The number of hydrogen-bond acceptors (Lipinski definition) is 3. The van der Waals surface area contributed by atoms with Crippen LogP contribution < -0.4 is 0 Å². The maximum Gasteiger partial charge on any atom is 0.330 e. The first kappa shape index (κ1) is 14.7. The fraction of sp³-hybridized carbons (Fsp3) is 0.333. The highest BCUT2D eigenvalue weighted by Crippen LogP contribution is 2.26. The van der Waals surface area contributed by atoms with E-state index < -0.39 is 12.0 Å². The fourth-order valence-electron chi connectivity index (χ4n) is 2.24. The van der Waals surface area contributed by atoms with Gasteiger partial charge in [0.2, 0.25) is 5.91 Å². The van der Waals surface area contributed by atoms with Crippen LogP contribution in [0.25, 0.3) is 5.57 Å². The Bertz CT molecular complexity index is 541. The fourth-order valence-corrected chi connectivity index (χ4v) is 2.39. The normalized spacial score (nSPS) is 19.6. The quantitative estimate of drug-likeness (QED) is 0.833. The van der Waals surface area contributed by atoms with Crippen molar-refractivity contribution in [2.75, 3.05) is 12.3 Å². The molecule has 0 saturated heterocycles. The van der Waals surface area contributed by atoms with Gasteiger partial charge in [-0.15, -0.1) is 0 Å². The van der Waals surface area contributed by atoms with Crippen molar-refractivity contribution in [3.05, 3.63) is 42.0 Å². The van der Waals surface area contributed by atoms with Gasteiger partial charge >= 0.3 is 5.97 Å². The first-order valence-electron chi connectivity index (χ1n) is 6.45. The number of aliphatic carboxylic acids is 1. The van der Waals surface area contributed by atoms with Gasteiger partial charge < -0.3 is 10.0 Å². The van der Waals surface area contributed by atoms with E-state index in [2.05, 4.69) is 12.6 Å². The van der Waals surface area contributed by atoms with E-state index in [4.69, 9.17) is 0 Å². The van der Waals surface area contributed by atoms with Crippen LogP contribution in [-0.4, -0.2) is 40.2 Å². The first-order valence-corrected chi connectivity index (χ1v) is 7.08. The molecule has 2 unspecified atom stereocenters. The van der Waals surface area contributed by atoms with Crippen molar-refractivity contribution in [3.8, 4) is 0 Å². The second kappa shape index (κ2) is 6.13. The highest BCUT2D eigenvalue weighted by Gasteiger charge is 2.35. The number of thiol groups is 1. The van der Waals surface area contributed by atoms with Crippen molar-refractivity contribution in [2.45, 2.75) is 13.0 Å². The number of carboxylic acids is 1. The molecule has 2 atom stereocenters. The van der Waals surface area contributed by atoms with Crippen molar-refractivity contribution in [1.82, 2.24) is 4.90 Å². The van der Waals surface area contributed by atoms with Crippen LogP contribution in [0.15, 0.2) is 36.4 Å². The van der Waals surface area contributed by atoms with Gasteiger partial charge in [0.1, 0.15) is 6.04 Å². The lowest BCUT2D eigenvalue weighted by atomic mass is 10.1. The Balaban J connectivity index is 2.26. The third kappa shape index (κ3) is 2.88. The molecule has 20 heavy (non-hydrogen) atoms. The van der Waals surface area contributed by atoms with E-state index >= 15 is 0 Å². The molecule has 1 amide bonds. The second-order valence-electron chi connectivity index (χ2n) is 4.89. The highest BCUT2D eigenvalue weighted by molar-refractivity contribution is 7.80. The third-order valence-corrected chi connectivity index (χ3v) is 3.96. The SMILES string of the molecule is CC(CS)C(=O)N1CC(c2ccccc2)=CC1C(=O)O. The third-order valence-electron chi connectivity index (χ3n) is 3.41. The summed E-state index contributed by atoms with van der Waals surface area (Å²) in [6, 6.07) is 8.64. The lowest BCUT2D eigenvalue weighted by molar-refractivity contribution is -0.148. The molecule has 5 heteroatoms. The zero-order valence-electron chi connectivity index (χ0n) is 11.2. The van der Waals surface area contributed by atoms with Crippen LogP contribution in [0.3, 0.4) is 0 Å². The number of rotatable bonds is 4. The number of benzene rings is 1. The van der Waals surface area contributed by atoms with Gasteiger partial charge in [0.05, 0.1) is 0 Å². The number of amides is 1. The number of carbonyl (C=O) groups is 2. The number of nitrogens with zero attached hydrogens (tertiary/aromatic N) is 1. The zero-order valence-corrected chi connectivity index (χ0v) is 12.1. The summed E-state index contributed by atoms with van der Waals surface area (Å²) in [5.74, 6) is -1.06. The molecule has 0 saturated carbocycles. The highest BCUT2D eigenvalue weighted by atomic mass is 32.1. The average Bonchev–Trinajstić information content (AvgIpc) is 2.92. The molecule has 1 aliphatic rings. The van der Waals surface area contributed by atoms with Gasteiger partial charge in [-0.3, -0.25) is 4.79 Å². The molecular weight excluding hydrogens is 274 g/mol. The topological polar surface area (TPSA) is 57.6 Å². The maximum absolute atomic E-state index is 12.2. The molecule has 106 valence electrons. The van der Waals surface area contributed by atoms with Crippen LogP contribution in [-0.2, 0) is 9.59 Å². The van der Waals surface area contributed by atoms with E-state index in [0.717, 1.165) is 11.1 Å². The van der Waals surface area contributed by atoms with E-state index in [1.807, 2.05) is 30.3 Å². The molecule has 0 aliphatic carbocycles. The van der Waals surface area contributed by atoms with Crippen molar-refractivity contribution in [3.63, 3.8) is 0 Å². The van der Waals surface area contributed by atoms with Crippen molar-refractivity contribution >= 4 is 30.1 Å². The summed E-state index contributed by atoms with van der Waals surface area (Å²) in [5, 5.41) is 9.29. The number of carboxylic acid groups (broad SMARTS) is 1. The predicted octanol–water partition coefficient (Wildman–Crippen LogP) is 1.93. The standard InChI is InChI=1S/C15H17NO3S/c1-10(9-20)14(17)16-8-12(7-13(16)15(18)19)11-5-3-2-4-6-11/h2-7,10,13,20H,8-9H2,1H3,(H,18,19). The van der Waals surface area contributed by atoms with Crippen LogP contribution in [0.1, 0.15) is 12.5 Å². The summed E-state index contributed by atoms with van der Waals surface area (Å²) >= 11 is 4.11. The Morgan fingerprint density at radius 3 is 2.60 bits per heavy atom. The maximum atomic E-state index is 12.2. The zero-order chi connectivity index (χ0) is 14.7. The molecule has 1 aromatic carbocycles. The Hall–Kier alpha value is -1.75. The predicted molar refractivity (Wildman–Crippen MR) is 80.6 cm³/mol. The van der Waals surface area contributed by atoms with Gasteiger partial charge in [-0.05, 0) is 17.2 Å². The number of carbonyl (C=O) groups excluding carboxylic acids is 1. The number of hydrogen-bond donors (Lipinski definition) is 2. The molecule has 4 nitrogen and oxygen atoms in total. The molecule has 0 aromatic heterocycles. The monoisotopic (exact) mass is 291 g/mol. The summed E-state index contributed by atoms with van der Waals surface area (Å²) in [6.45, 7) is 2.09. The van der Waals surface area contributed by atoms with Crippen LogP contribution in [0.2, 0.25) is 0 Å². The minimum absolute atomic E-state index is 0.172. The van der Waals surface area contributed by atoms with E-state index in [9.17, 15) is 14.7 Å². The van der Waals surface area contributed by atoms with Gasteiger partial charge in [-0.25, -0.2) is 4.79 Å². The Kier molecular flexibility index (Phi) is 4.49. The molecule has 2 rings (SSSR count). The Morgan fingerprint density at radius 2 is 2.05 bits per heavy atom. The first-order chi connectivity index (χ1) is 9.54. The lowest BCUT2D eigenvalue weighted by Gasteiger charge is -2.24. The molecular formula is C15H17NO3S. The summed E-state index contributed by atoms with van der Waals surface area (Å²) in [4.78, 5) is 25.0. The van der Waals surface area contributed by atoms with Gasteiger partial charge in [0.15, 0.2) is 0 Å². The van der Waals surface area contributed by atoms with Crippen LogP contribution in [0.5, 0.6) is 0 Å². The summed E-state index contributed by atoms with van der Waals surface area (Å²) in [5.41, 5.74) is 1.82. The van der Waals surface area contributed by atoms with Gasteiger partial charge in [0, 0.05) is 18.2 Å². The van der Waals surface area contributed by atoms with E-state index in [0.29, 0.717) is 12.3 Å². The Labute approximate surface area is 123 Å². The summed E-state index contributed by atoms with van der Waals surface area (Å²) in [6.07, 6.45) is 1.65. The van der Waals surface area contributed by atoms with Crippen molar-refractivity contribution in [2.24, 2.45) is 5.92 Å². The van der Waals surface area contributed by atoms with Gasteiger partial charge in [-0.2, -0.15) is 12.6 Å². The minimum Gasteiger partial charge on any atom is -0.479 e. The molecule has 1 N–H and O–H groups in total. The smallest absolute Gasteiger partial charge is 0.330 e. The Morgan fingerprint density at radius 1 is 1.40 bits per heavy atom. The van der Waals surface area contributed by atoms with Crippen LogP contribution in [0, 0.1) is 5.92 Å². The molecule has 0 fully saturated rings. The van der Waals surface area contributed by atoms with E-state index in [-0.39, 0.29) is 11.8 Å². The van der Waals surface area contributed by atoms with Crippen molar-refractivity contribution in [1.29, 1.82) is 0 Å². The summed E-state index contributed by atoms with van der Waals surface area (Å²) in [7, 11) is 0. The van der Waals surface area contributed by atoms with E-state index in [1.54, 1.807) is 13.0 Å². The second-order valence-corrected chi connectivity index (χ2v) is 5.26. The molecule has 1 aromatic rings. The van der Waals surface area contributed by atoms with Crippen molar-refractivity contribution < 1.29 is 14.7 Å². The molecule has 0 spiro atoms. The van der Waals surface area contributed by atoms with Crippen LogP contribution in [0.4, 0.5) is 0 Å². The van der Waals surface area contributed by atoms with Gasteiger partial charge in [0.25, 0.3) is 0 Å². The molecule has 0 bridgehead atoms. The minimum atomic E-state index is -1.00. The average molecular weight is 291 g/mol. The molecule has 0 radical (unpaired) electrons. The lowest BCUT2D eigenvalue weighted by Crippen LogP contribution is -2.43. The van der Waals surface area contributed by atoms with Crippen LogP contribution >= 0.6 is 12.6 Å². The molecule has 1 heterocycles.